The first-order chi connectivity index (χ1) is 18.9. The Balaban J connectivity index is 1.20. The maximum Gasteiger partial charge on any atom is 0.354 e. The molecule has 1 N–H and O–H groups in total. The van der Waals surface area contributed by atoms with E-state index in [1.807, 2.05) is 13.0 Å². The lowest BCUT2D eigenvalue weighted by Gasteiger charge is -2.31. The number of aromatic carboxylic acids is 1. The van der Waals surface area contributed by atoms with Gasteiger partial charge in [0.05, 0.1) is 17.6 Å². The molecule has 6 rings (SSSR count). The second-order valence-electron chi connectivity index (χ2n) is 10.1. The van der Waals surface area contributed by atoms with Crippen LogP contribution in [0.1, 0.15) is 59.0 Å². The second-order valence-corrected chi connectivity index (χ2v) is 10.5. The number of anilines is 1. The van der Waals surface area contributed by atoms with Crippen molar-refractivity contribution in [2.45, 2.75) is 38.5 Å². The van der Waals surface area contributed by atoms with Crippen LogP contribution in [-0.4, -0.2) is 51.4 Å². The van der Waals surface area contributed by atoms with Gasteiger partial charge in [0.15, 0.2) is 5.69 Å². The van der Waals surface area contributed by atoms with Gasteiger partial charge >= 0.3 is 5.97 Å². The van der Waals surface area contributed by atoms with Crippen molar-refractivity contribution in [2.24, 2.45) is 5.92 Å². The van der Waals surface area contributed by atoms with E-state index in [0.717, 1.165) is 72.7 Å². The molecule has 0 radical (unpaired) electrons. The minimum Gasteiger partial charge on any atom is -0.494 e. The first-order valence-corrected chi connectivity index (χ1v) is 13.4. The Hall–Kier alpha value is -3.98. The molecule has 4 aromatic rings. The van der Waals surface area contributed by atoms with Gasteiger partial charge in [0, 0.05) is 48.6 Å². The van der Waals surface area contributed by atoms with Crippen molar-refractivity contribution in [2.75, 3.05) is 25.1 Å². The number of methoxy groups -OCH3 is 1. The van der Waals surface area contributed by atoms with Crippen LogP contribution < -0.4 is 9.64 Å². The Labute approximate surface area is 230 Å². The van der Waals surface area contributed by atoms with E-state index in [9.17, 15) is 9.90 Å². The molecule has 9 nitrogen and oxygen atoms in total. The quantitative estimate of drug-likeness (QED) is 0.291. The SMILES string of the molecule is COc1cc(C(=O)O)nc2ccc(N3CCC(/C=C/c4c(-c5c(C)cncc5Cl)noc4C4CC4)CC3)nc12. The Bertz CT molecular complexity index is 1570. The van der Waals surface area contributed by atoms with Crippen LogP contribution in [0.3, 0.4) is 0 Å². The van der Waals surface area contributed by atoms with Crippen molar-refractivity contribution in [1.29, 1.82) is 0 Å². The molecule has 2 fully saturated rings. The minimum atomic E-state index is -1.10. The van der Waals surface area contributed by atoms with Gasteiger partial charge in [-0.15, -0.1) is 0 Å². The number of halogens is 1. The predicted molar refractivity (Wildman–Crippen MR) is 148 cm³/mol. The molecule has 0 atom stereocenters. The van der Waals surface area contributed by atoms with Crippen molar-refractivity contribution in [3.05, 3.63) is 64.3 Å². The van der Waals surface area contributed by atoms with Gasteiger partial charge in [-0.25, -0.2) is 14.8 Å². The number of hydrogen-bond acceptors (Lipinski definition) is 8. The summed E-state index contributed by atoms with van der Waals surface area (Å²) < 4.78 is 11.2. The number of carboxylic acid groups (broad SMARTS) is 1. The monoisotopic (exact) mass is 545 g/mol. The molecule has 5 heterocycles. The average Bonchev–Trinajstić information content (AvgIpc) is 3.71. The molecule has 200 valence electrons. The van der Waals surface area contributed by atoms with Gasteiger partial charge < -0.3 is 19.3 Å². The van der Waals surface area contributed by atoms with Gasteiger partial charge in [0.1, 0.15) is 28.5 Å². The molecule has 2 aliphatic rings. The van der Waals surface area contributed by atoms with E-state index >= 15 is 0 Å². The molecule has 0 unspecified atom stereocenters. The molecule has 1 aliphatic carbocycles. The van der Waals surface area contributed by atoms with E-state index in [0.29, 0.717) is 33.6 Å². The minimum absolute atomic E-state index is 0.0660. The zero-order valence-electron chi connectivity index (χ0n) is 21.7. The van der Waals surface area contributed by atoms with Gasteiger partial charge in [-0.05, 0) is 56.2 Å². The van der Waals surface area contributed by atoms with Crippen molar-refractivity contribution >= 4 is 40.5 Å². The number of allylic oxidation sites excluding steroid dienone is 1. The molecule has 0 amide bonds. The molecule has 1 saturated carbocycles. The molecule has 39 heavy (non-hydrogen) atoms. The van der Waals surface area contributed by atoms with E-state index in [2.05, 4.69) is 32.2 Å². The normalized spacial score (nSPS) is 16.3. The summed E-state index contributed by atoms with van der Waals surface area (Å²) >= 11 is 6.52. The first kappa shape index (κ1) is 25.3. The van der Waals surface area contributed by atoms with Gasteiger partial charge in [-0.1, -0.05) is 28.9 Å². The topological polar surface area (TPSA) is 114 Å². The zero-order valence-corrected chi connectivity index (χ0v) is 22.5. The summed E-state index contributed by atoms with van der Waals surface area (Å²) in [5, 5.41) is 14.3. The lowest BCUT2D eigenvalue weighted by atomic mass is 9.94. The third kappa shape index (κ3) is 4.94. The Morgan fingerprint density at radius 3 is 2.67 bits per heavy atom. The maximum atomic E-state index is 11.4. The molecule has 0 spiro atoms. The highest BCUT2D eigenvalue weighted by atomic mass is 35.5. The summed E-state index contributed by atoms with van der Waals surface area (Å²) in [6, 6.07) is 5.11. The van der Waals surface area contributed by atoms with Gasteiger partial charge in [0.2, 0.25) is 0 Å². The summed E-state index contributed by atoms with van der Waals surface area (Å²) in [4.78, 5) is 26.8. The Morgan fingerprint density at radius 2 is 1.97 bits per heavy atom. The molecular formula is C29H28ClN5O4. The van der Waals surface area contributed by atoms with Crippen LogP contribution >= 0.6 is 11.6 Å². The van der Waals surface area contributed by atoms with E-state index in [1.165, 1.54) is 13.2 Å². The van der Waals surface area contributed by atoms with Gasteiger partial charge in [-0.2, -0.15) is 0 Å². The van der Waals surface area contributed by atoms with E-state index < -0.39 is 5.97 Å². The summed E-state index contributed by atoms with van der Waals surface area (Å²) in [5.41, 5.74) is 4.63. The first-order valence-electron chi connectivity index (χ1n) is 13.0. The lowest BCUT2D eigenvalue weighted by molar-refractivity contribution is 0.0690. The zero-order chi connectivity index (χ0) is 27.1. The number of carbonyl (C=O) groups is 1. The highest BCUT2D eigenvalue weighted by molar-refractivity contribution is 6.33. The summed E-state index contributed by atoms with van der Waals surface area (Å²) in [7, 11) is 1.51. The smallest absolute Gasteiger partial charge is 0.354 e. The standard InChI is InChI=1S/C29H28ClN5O4/c1-16-14-31-15-20(30)25(16)26-19(28(39-34-26)18-4-5-18)6-3-17-9-11-35(12-10-17)24-8-7-21-27(33-24)23(38-2)13-22(32-21)29(36)37/h3,6-8,13-15,17-18H,4-5,9-12H2,1-2H3,(H,36,37)/b6-3+. The fourth-order valence-electron chi connectivity index (χ4n) is 5.19. The van der Waals surface area contributed by atoms with Crippen molar-refractivity contribution in [3.63, 3.8) is 0 Å². The van der Waals surface area contributed by atoms with Crippen LogP contribution in [0.2, 0.25) is 5.02 Å². The number of pyridine rings is 3. The third-order valence-corrected chi connectivity index (χ3v) is 7.76. The van der Waals surface area contributed by atoms with Crippen molar-refractivity contribution in [1.82, 2.24) is 20.1 Å². The van der Waals surface area contributed by atoms with Crippen LogP contribution in [0.25, 0.3) is 28.4 Å². The summed E-state index contributed by atoms with van der Waals surface area (Å²) in [6.07, 6.45) is 12.1. The molecular weight excluding hydrogens is 518 g/mol. The molecule has 1 saturated heterocycles. The fourth-order valence-corrected chi connectivity index (χ4v) is 5.48. The van der Waals surface area contributed by atoms with Crippen LogP contribution in [0.5, 0.6) is 5.75 Å². The van der Waals surface area contributed by atoms with Crippen molar-refractivity contribution < 1.29 is 19.2 Å². The highest BCUT2D eigenvalue weighted by Gasteiger charge is 2.32. The van der Waals surface area contributed by atoms with E-state index in [4.69, 9.17) is 25.8 Å². The lowest BCUT2D eigenvalue weighted by Crippen LogP contribution is -2.33. The van der Waals surface area contributed by atoms with Crippen LogP contribution in [0, 0.1) is 12.8 Å². The average molecular weight is 546 g/mol. The fraction of sp³-hybridized carbons (Fsp3) is 0.345. The van der Waals surface area contributed by atoms with E-state index in [-0.39, 0.29) is 5.69 Å². The molecule has 1 aliphatic heterocycles. The third-order valence-electron chi connectivity index (χ3n) is 7.47. The van der Waals surface area contributed by atoms with Gasteiger partial charge in [0.25, 0.3) is 0 Å². The van der Waals surface area contributed by atoms with Crippen LogP contribution in [0.15, 0.2) is 41.2 Å². The highest BCUT2D eigenvalue weighted by Crippen LogP contribution is 2.45. The number of nitrogens with zero attached hydrogens (tertiary/aromatic N) is 5. The molecule has 0 bridgehead atoms. The number of aromatic nitrogens is 4. The number of carboxylic acids is 1. The largest absolute Gasteiger partial charge is 0.494 e. The number of hydrogen-bond donors (Lipinski definition) is 1. The number of aryl methyl sites for hydroxylation is 1. The molecule has 0 aromatic carbocycles. The maximum absolute atomic E-state index is 11.4. The molecule has 4 aromatic heterocycles. The number of rotatable bonds is 7. The second kappa shape index (κ2) is 10.3. The van der Waals surface area contributed by atoms with Crippen molar-refractivity contribution in [3.8, 4) is 17.0 Å². The molecule has 10 heteroatoms. The summed E-state index contributed by atoms with van der Waals surface area (Å²) in [6.45, 7) is 3.68. The Morgan fingerprint density at radius 1 is 1.18 bits per heavy atom. The summed E-state index contributed by atoms with van der Waals surface area (Å²) in [5.74, 6) is 1.90. The number of ether oxygens (including phenoxy) is 1. The predicted octanol–water partition coefficient (Wildman–Crippen LogP) is 6.16. The number of piperidine rings is 1. The van der Waals surface area contributed by atoms with E-state index in [1.54, 1.807) is 18.5 Å². The van der Waals surface area contributed by atoms with Crippen LogP contribution in [0.4, 0.5) is 5.82 Å². The number of fused-ring (bicyclic) bond motifs is 1. The van der Waals surface area contributed by atoms with Crippen LogP contribution in [-0.2, 0) is 0 Å². The van der Waals surface area contributed by atoms with Gasteiger partial charge in [-0.3, -0.25) is 4.98 Å². The Kier molecular flexibility index (Phi) is 6.68.